The third-order valence-corrected chi connectivity index (χ3v) is 6.54. The number of hydrogen-bond acceptors (Lipinski definition) is 5. The van der Waals surface area contributed by atoms with E-state index in [0.29, 0.717) is 11.8 Å². The van der Waals surface area contributed by atoms with E-state index in [9.17, 15) is 18.0 Å². The van der Waals surface area contributed by atoms with E-state index in [1.807, 2.05) is 0 Å². The summed E-state index contributed by atoms with van der Waals surface area (Å²) < 4.78 is 69.5. The van der Waals surface area contributed by atoms with Gasteiger partial charge in [0.25, 0.3) is 0 Å². The average Bonchev–Trinajstić information content (AvgIpc) is 3.57. The average molecular weight is 501 g/mol. The van der Waals surface area contributed by atoms with E-state index in [1.165, 1.54) is 6.33 Å². The Balaban J connectivity index is 1.56. The fourth-order valence-corrected chi connectivity index (χ4v) is 4.52. The normalized spacial score (nSPS) is 15.6. The summed E-state index contributed by atoms with van der Waals surface area (Å²) in [6.45, 7) is 0. The number of imidazole rings is 1. The van der Waals surface area contributed by atoms with Crippen LogP contribution in [-0.4, -0.2) is 33.5 Å². The monoisotopic (exact) mass is 501 g/mol. The summed E-state index contributed by atoms with van der Waals surface area (Å²) in [5.41, 5.74) is 0.385. The van der Waals surface area contributed by atoms with Crippen LogP contribution in [0.5, 0.6) is 0 Å². The molecule has 0 saturated heterocycles. The molecule has 5 rings (SSSR count). The van der Waals surface area contributed by atoms with Gasteiger partial charge >= 0.3 is 6.18 Å². The van der Waals surface area contributed by atoms with Crippen LogP contribution in [0.2, 0.25) is 0 Å². The van der Waals surface area contributed by atoms with Gasteiger partial charge in [0.15, 0.2) is 5.69 Å². The van der Waals surface area contributed by atoms with Gasteiger partial charge in [-0.3, -0.25) is 0 Å². The van der Waals surface area contributed by atoms with Crippen molar-refractivity contribution in [2.45, 2.75) is 25.1 Å². The molecule has 1 aliphatic rings. The van der Waals surface area contributed by atoms with Crippen molar-refractivity contribution in [2.24, 2.45) is 11.8 Å². The minimum absolute atomic E-state index is 0.00917. The first-order valence-corrected chi connectivity index (χ1v) is 11.2. The van der Waals surface area contributed by atoms with E-state index in [2.05, 4.69) is 20.2 Å². The number of H-pyrrole nitrogens is 1. The van der Waals surface area contributed by atoms with Crippen molar-refractivity contribution in [3.63, 3.8) is 0 Å². The molecule has 2 aromatic heterocycles. The zero-order valence-corrected chi connectivity index (χ0v) is 18.9. The molecule has 6 nitrogen and oxygen atoms in total. The van der Waals surface area contributed by atoms with Crippen LogP contribution >= 0.6 is 0 Å². The summed E-state index contributed by atoms with van der Waals surface area (Å²) in [6, 6.07) is 8.06. The van der Waals surface area contributed by atoms with Gasteiger partial charge in [0.1, 0.15) is 17.9 Å². The second-order valence-corrected chi connectivity index (χ2v) is 8.87. The van der Waals surface area contributed by atoms with E-state index in [0.717, 1.165) is 48.4 Å². The lowest BCUT2D eigenvalue weighted by atomic mass is 9.87. The van der Waals surface area contributed by atoms with Gasteiger partial charge in [-0.1, -0.05) is 0 Å². The first-order chi connectivity index (χ1) is 17.2. The third-order valence-electron chi connectivity index (χ3n) is 6.54. The van der Waals surface area contributed by atoms with Gasteiger partial charge in [0, 0.05) is 29.8 Å². The summed E-state index contributed by atoms with van der Waals surface area (Å²) in [5, 5.41) is 6.61. The number of halogens is 5. The van der Waals surface area contributed by atoms with Crippen molar-refractivity contribution in [2.75, 3.05) is 11.9 Å². The standard InChI is InChI=1S/C25H20F5N5O/c1-35(15-4-5-20-21(10-15)32-12-31-20)24(16(11-36)13-2-3-13)23-17(26)8-14(9-18(23)27)19-6-7-22(34-33-19)25(28,29)30/h4-13,16,24H,2-3H2,1H3,(H,31,32). The quantitative estimate of drug-likeness (QED) is 0.259. The molecule has 1 saturated carbocycles. The Morgan fingerprint density at radius 2 is 1.78 bits per heavy atom. The fraction of sp³-hybridized carbons (Fsp3) is 0.280. The molecule has 0 aliphatic heterocycles. The molecule has 11 heteroatoms. The maximum absolute atomic E-state index is 15.5. The maximum Gasteiger partial charge on any atom is 0.435 e. The number of benzene rings is 2. The second kappa shape index (κ2) is 8.96. The Hall–Kier alpha value is -3.89. The van der Waals surface area contributed by atoms with E-state index >= 15 is 8.78 Å². The number of aldehydes is 1. The predicted octanol–water partition coefficient (Wildman–Crippen LogP) is 5.72. The zero-order valence-electron chi connectivity index (χ0n) is 18.9. The van der Waals surface area contributed by atoms with Crippen molar-refractivity contribution in [3.05, 3.63) is 71.7 Å². The van der Waals surface area contributed by atoms with E-state index < -0.39 is 35.5 Å². The highest BCUT2D eigenvalue weighted by molar-refractivity contribution is 5.79. The fourth-order valence-electron chi connectivity index (χ4n) is 4.52. The molecule has 4 aromatic rings. The highest BCUT2D eigenvalue weighted by Crippen LogP contribution is 2.46. The lowest BCUT2D eigenvalue weighted by Gasteiger charge is -2.35. The van der Waals surface area contributed by atoms with Crippen LogP contribution in [0.3, 0.4) is 0 Å². The van der Waals surface area contributed by atoms with Crippen LogP contribution in [0.1, 0.15) is 30.1 Å². The number of nitrogens with one attached hydrogen (secondary N) is 1. The number of carbonyl (C=O) groups excluding carboxylic acids is 1. The highest BCUT2D eigenvalue weighted by atomic mass is 19.4. The predicted molar refractivity (Wildman–Crippen MR) is 122 cm³/mol. The summed E-state index contributed by atoms with van der Waals surface area (Å²) in [4.78, 5) is 21.0. The van der Waals surface area contributed by atoms with E-state index in [4.69, 9.17) is 0 Å². The first kappa shape index (κ1) is 23.8. The van der Waals surface area contributed by atoms with Gasteiger partial charge in [0.2, 0.25) is 0 Å². The van der Waals surface area contributed by atoms with Crippen molar-refractivity contribution < 1.29 is 26.7 Å². The molecule has 0 spiro atoms. The maximum atomic E-state index is 15.5. The molecular formula is C25H20F5N5O. The number of aromatic nitrogens is 4. The number of hydrogen-bond donors (Lipinski definition) is 1. The van der Waals surface area contributed by atoms with Gasteiger partial charge in [-0.15, -0.1) is 10.2 Å². The highest BCUT2D eigenvalue weighted by Gasteiger charge is 2.41. The third kappa shape index (κ3) is 4.40. The van der Waals surface area contributed by atoms with Crippen molar-refractivity contribution in [3.8, 4) is 11.3 Å². The van der Waals surface area contributed by atoms with Crippen LogP contribution in [0.25, 0.3) is 22.3 Å². The van der Waals surface area contributed by atoms with Crippen LogP contribution < -0.4 is 4.90 Å². The molecule has 0 radical (unpaired) electrons. The molecule has 36 heavy (non-hydrogen) atoms. The minimum atomic E-state index is -4.68. The number of aromatic amines is 1. The van der Waals surface area contributed by atoms with Gasteiger partial charge in [0.05, 0.1) is 29.1 Å². The summed E-state index contributed by atoms with van der Waals surface area (Å²) in [7, 11) is 1.66. The Kier molecular flexibility index (Phi) is 5.93. The second-order valence-electron chi connectivity index (χ2n) is 8.87. The van der Waals surface area contributed by atoms with Crippen molar-refractivity contribution >= 4 is 23.0 Å². The molecule has 0 bridgehead atoms. The summed E-state index contributed by atoms with van der Waals surface area (Å²) in [5.74, 6) is -2.55. The first-order valence-electron chi connectivity index (χ1n) is 11.2. The summed E-state index contributed by atoms with van der Waals surface area (Å²) in [6.07, 6.45) is -0.866. The topological polar surface area (TPSA) is 74.8 Å². The number of rotatable bonds is 7. The molecular weight excluding hydrogens is 481 g/mol. The Morgan fingerprint density at radius 1 is 1.06 bits per heavy atom. The number of anilines is 1. The molecule has 2 heterocycles. The zero-order chi connectivity index (χ0) is 25.6. The van der Waals surface area contributed by atoms with Gasteiger partial charge < -0.3 is 14.7 Å². The molecule has 2 aromatic carbocycles. The lowest BCUT2D eigenvalue weighted by molar-refractivity contribution is -0.141. The van der Waals surface area contributed by atoms with Crippen LogP contribution in [0.4, 0.5) is 27.6 Å². The molecule has 1 N–H and O–H groups in total. The van der Waals surface area contributed by atoms with Crippen LogP contribution in [0.15, 0.2) is 48.8 Å². The van der Waals surface area contributed by atoms with Gasteiger partial charge in [-0.05, 0) is 61.2 Å². The Morgan fingerprint density at radius 3 is 2.36 bits per heavy atom. The molecule has 0 amide bonds. The largest absolute Gasteiger partial charge is 0.435 e. The number of alkyl halides is 3. The summed E-state index contributed by atoms with van der Waals surface area (Å²) >= 11 is 0. The number of fused-ring (bicyclic) bond motifs is 1. The molecule has 1 fully saturated rings. The van der Waals surface area contributed by atoms with Gasteiger partial charge in [-0.2, -0.15) is 13.2 Å². The Bertz CT molecular complexity index is 1390. The SMILES string of the molecule is CN(c1ccc2nc[nH]c2c1)C(c1c(F)cc(-c2ccc(C(F)(F)F)nn2)cc1F)C(C=O)C1CC1. The van der Waals surface area contributed by atoms with E-state index in [-0.39, 0.29) is 22.7 Å². The smallest absolute Gasteiger partial charge is 0.367 e. The number of nitrogens with zero attached hydrogens (tertiary/aromatic N) is 4. The van der Waals surface area contributed by atoms with Crippen LogP contribution in [0, 0.1) is 23.5 Å². The molecule has 2 unspecified atom stereocenters. The van der Waals surface area contributed by atoms with Crippen LogP contribution in [-0.2, 0) is 11.0 Å². The minimum Gasteiger partial charge on any atom is -0.367 e. The number of carbonyl (C=O) groups is 1. The molecule has 2 atom stereocenters. The van der Waals surface area contributed by atoms with Crippen molar-refractivity contribution in [1.29, 1.82) is 0 Å². The van der Waals surface area contributed by atoms with Gasteiger partial charge in [-0.25, -0.2) is 13.8 Å². The van der Waals surface area contributed by atoms with Crippen molar-refractivity contribution in [1.82, 2.24) is 20.2 Å². The molecule has 1 aliphatic carbocycles. The Labute approximate surface area is 202 Å². The molecule has 186 valence electrons. The van der Waals surface area contributed by atoms with E-state index in [1.54, 1.807) is 30.1 Å². The lowest BCUT2D eigenvalue weighted by Crippen LogP contribution is -2.34.